The van der Waals surface area contributed by atoms with E-state index in [0.29, 0.717) is 16.3 Å². The van der Waals surface area contributed by atoms with Crippen molar-refractivity contribution in [3.8, 4) is 0 Å². The van der Waals surface area contributed by atoms with Crippen LogP contribution in [0, 0.1) is 0 Å². The number of carbonyl (C=O) groups excluding carboxylic acids is 2. The van der Waals surface area contributed by atoms with Crippen molar-refractivity contribution in [2.75, 3.05) is 11.9 Å². The number of benzene rings is 3. The van der Waals surface area contributed by atoms with Crippen LogP contribution in [0.2, 0.25) is 5.02 Å². The van der Waals surface area contributed by atoms with Crippen LogP contribution in [0.5, 0.6) is 0 Å². The summed E-state index contributed by atoms with van der Waals surface area (Å²) >= 11 is 6.09. The molecule has 3 aromatic carbocycles. The molecule has 2 amide bonds. The SMILES string of the molecule is O=C(COCc1ccccc1Cl)NC(C(=O)Nc1ccccc1)c1ccccc1. The molecule has 3 aromatic rings. The average molecular weight is 409 g/mol. The molecule has 0 saturated heterocycles. The first kappa shape index (κ1) is 20.6. The number of rotatable bonds is 8. The summed E-state index contributed by atoms with van der Waals surface area (Å²) in [5.74, 6) is -0.726. The number of nitrogens with one attached hydrogen (secondary N) is 2. The van der Waals surface area contributed by atoms with Crippen molar-refractivity contribution in [3.63, 3.8) is 0 Å². The number of ether oxygens (including phenoxy) is 1. The lowest BCUT2D eigenvalue weighted by molar-refractivity contribution is -0.130. The van der Waals surface area contributed by atoms with E-state index in [-0.39, 0.29) is 19.1 Å². The summed E-state index contributed by atoms with van der Waals surface area (Å²) in [7, 11) is 0. The molecule has 0 aromatic heterocycles. The second-order valence-corrected chi connectivity index (χ2v) is 6.76. The molecule has 0 saturated carbocycles. The zero-order chi connectivity index (χ0) is 20.5. The van der Waals surface area contributed by atoms with E-state index in [9.17, 15) is 9.59 Å². The molecular weight excluding hydrogens is 388 g/mol. The standard InChI is InChI=1S/C23H21ClN2O3/c24-20-14-8-7-11-18(20)15-29-16-21(27)26-22(17-9-3-1-4-10-17)23(28)25-19-12-5-2-6-13-19/h1-14,22H,15-16H2,(H,25,28)(H,26,27). The molecule has 2 N–H and O–H groups in total. The normalized spacial score (nSPS) is 11.5. The molecular formula is C23H21ClN2O3. The van der Waals surface area contributed by atoms with E-state index in [4.69, 9.17) is 16.3 Å². The molecule has 0 spiro atoms. The van der Waals surface area contributed by atoms with Crippen molar-refractivity contribution in [1.82, 2.24) is 5.32 Å². The third-order valence-corrected chi connectivity index (χ3v) is 4.56. The highest BCUT2D eigenvalue weighted by Gasteiger charge is 2.22. The van der Waals surface area contributed by atoms with E-state index >= 15 is 0 Å². The number of hydrogen-bond donors (Lipinski definition) is 2. The van der Waals surface area contributed by atoms with E-state index in [0.717, 1.165) is 5.56 Å². The molecule has 0 aliphatic rings. The molecule has 0 aliphatic carbocycles. The summed E-state index contributed by atoms with van der Waals surface area (Å²) < 4.78 is 5.47. The minimum absolute atomic E-state index is 0.187. The predicted molar refractivity (Wildman–Crippen MR) is 114 cm³/mol. The monoisotopic (exact) mass is 408 g/mol. The second kappa shape index (κ2) is 10.4. The van der Waals surface area contributed by atoms with Gasteiger partial charge in [0, 0.05) is 10.7 Å². The Kier molecular flexibility index (Phi) is 7.39. The zero-order valence-electron chi connectivity index (χ0n) is 15.7. The van der Waals surface area contributed by atoms with Crippen molar-refractivity contribution in [2.24, 2.45) is 0 Å². The highest BCUT2D eigenvalue weighted by molar-refractivity contribution is 6.31. The fourth-order valence-electron chi connectivity index (χ4n) is 2.75. The van der Waals surface area contributed by atoms with E-state index in [1.165, 1.54) is 0 Å². The summed E-state index contributed by atoms with van der Waals surface area (Å²) in [6.45, 7) is 0.0203. The Balaban J connectivity index is 1.62. The van der Waals surface area contributed by atoms with Gasteiger partial charge in [0.15, 0.2) is 0 Å². The molecule has 1 unspecified atom stereocenters. The lowest BCUT2D eigenvalue weighted by atomic mass is 10.1. The molecule has 3 rings (SSSR count). The Hall–Kier alpha value is -3.15. The number of carbonyl (C=O) groups is 2. The number of amides is 2. The van der Waals surface area contributed by atoms with Crippen molar-refractivity contribution >= 4 is 29.1 Å². The van der Waals surface area contributed by atoms with E-state index in [1.807, 2.05) is 54.6 Å². The fraction of sp³-hybridized carbons (Fsp3) is 0.130. The summed E-state index contributed by atoms with van der Waals surface area (Å²) in [5.41, 5.74) is 2.13. The van der Waals surface area contributed by atoms with Gasteiger partial charge in [-0.1, -0.05) is 78.3 Å². The molecule has 5 nitrogen and oxygen atoms in total. The van der Waals surface area contributed by atoms with Gasteiger partial charge in [0.2, 0.25) is 5.91 Å². The van der Waals surface area contributed by atoms with Gasteiger partial charge in [0.25, 0.3) is 5.91 Å². The lowest BCUT2D eigenvalue weighted by Crippen LogP contribution is -2.38. The summed E-state index contributed by atoms with van der Waals surface area (Å²) in [6.07, 6.45) is 0. The van der Waals surface area contributed by atoms with Crippen molar-refractivity contribution in [1.29, 1.82) is 0 Å². The van der Waals surface area contributed by atoms with Crippen LogP contribution in [0.25, 0.3) is 0 Å². The second-order valence-electron chi connectivity index (χ2n) is 6.35. The predicted octanol–water partition coefficient (Wildman–Crippen LogP) is 4.35. The van der Waals surface area contributed by atoms with Crippen LogP contribution in [0.3, 0.4) is 0 Å². The smallest absolute Gasteiger partial charge is 0.251 e. The molecule has 0 heterocycles. The Bertz CT molecular complexity index is 949. The first-order chi connectivity index (χ1) is 14.1. The summed E-state index contributed by atoms with van der Waals surface area (Å²) in [5, 5.41) is 6.15. The number of hydrogen-bond acceptors (Lipinski definition) is 3. The lowest BCUT2D eigenvalue weighted by Gasteiger charge is -2.19. The van der Waals surface area contributed by atoms with Crippen molar-refractivity contribution < 1.29 is 14.3 Å². The first-order valence-electron chi connectivity index (χ1n) is 9.15. The largest absolute Gasteiger partial charge is 0.367 e. The van der Waals surface area contributed by atoms with Crippen LogP contribution < -0.4 is 10.6 Å². The third-order valence-electron chi connectivity index (χ3n) is 4.19. The van der Waals surface area contributed by atoms with Crippen LogP contribution in [0.4, 0.5) is 5.69 Å². The highest BCUT2D eigenvalue weighted by Crippen LogP contribution is 2.17. The van der Waals surface area contributed by atoms with Gasteiger partial charge < -0.3 is 15.4 Å². The Morgan fingerprint density at radius 2 is 1.48 bits per heavy atom. The summed E-state index contributed by atoms with van der Waals surface area (Å²) in [6, 6.07) is 24.6. The van der Waals surface area contributed by atoms with Crippen LogP contribution in [0.1, 0.15) is 17.2 Å². The van der Waals surface area contributed by atoms with Gasteiger partial charge in [0.1, 0.15) is 12.6 Å². The van der Waals surface area contributed by atoms with Gasteiger partial charge in [-0.2, -0.15) is 0 Å². The van der Waals surface area contributed by atoms with Crippen molar-refractivity contribution in [2.45, 2.75) is 12.6 Å². The van der Waals surface area contributed by atoms with Crippen molar-refractivity contribution in [3.05, 3.63) is 101 Å². The van der Waals surface area contributed by atoms with E-state index in [1.54, 1.807) is 30.3 Å². The molecule has 0 bridgehead atoms. The maximum absolute atomic E-state index is 12.8. The Labute approximate surface area is 174 Å². The molecule has 0 aliphatic heterocycles. The molecule has 1 atom stereocenters. The molecule has 0 fully saturated rings. The van der Waals surface area contributed by atoms with Gasteiger partial charge in [-0.05, 0) is 29.3 Å². The van der Waals surface area contributed by atoms with Gasteiger partial charge in [-0.25, -0.2) is 0 Å². The van der Waals surface area contributed by atoms with Gasteiger partial charge >= 0.3 is 0 Å². The van der Waals surface area contributed by atoms with E-state index < -0.39 is 11.9 Å². The van der Waals surface area contributed by atoms with Crippen LogP contribution in [-0.4, -0.2) is 18.4 Å². The molecule has 29 heavy (non-hydrogen) atoms. The zero-order valence-corrected chi connectivity index (χ0v) is 16.4. The topological polar surface area (TPSA) is 67.4 Å². The number of halogens is 1. The maximum atomic E-state index is 12.8. The van der Waals surface area contributed by atoms with Gasteiger partial charge in [0.05, 0.1) is 6.61 Å². The third kappa shape index (κ3) is 6.17. The minimum atomic E-state index is -0.840. The molecule has 148 valence electrons. The number of para-hydroxylation sites is 1. The van der Waals surface area contributed by atoms with Gasteiger partial charge in [-0.15, -0.1) is 0 Å². The van der Waals surface area contributed by atoms with E-state index in [2.05, 4.69) is 10.6 Å². The van der Waals surface area contributed by atoms with Crippen LogP contribution in [0.15, 0.2) is 84.9 Å². The number of anilines is 1. The minimum Gasteiger partial charge on any atom is -0.367 e. The Morgan fingerprint density at radius 3 is 2.17 bits per heavy atom. The van der Waals surface area contributed by atoms with Crippen LogP contribution >= 0.6 is 11.6 Å². The fourth-order valence-corrected chi connectivity index (χ4v) is 2.94. The first-order valence-corrected chi connectivity index (χ1v) is 9.52. The maximum Gasteiger partial charge on any atom is 0.251 e. The van der Waals surface area contributed by atoms with Gasteiger partial charge in [-0.3, -0.25) is 9.59 Å². The molecule has 6 heteroatoms. The Morgan fingerprint density at radius 1 is 0.862 bits per heavy atom. The van der Waals surface area contributed by atoms with Crippen LogP contribution in [-0.2, 0) is 20.9 Å². The quantitative estimate of drug-likeness (QED) is 0.582. The highest BCUT2D eigenvalue weighted by atomic mass is 35.5. The average Bonchev–Trinajstić information content (AvgIpc) is 2.74. The molecule has 0 radical (unpaired) electrons. The summed E-state index contributed by atoms with van der Waals surface area (Å²) in [4.78, 5) is 25.2.